The summed E-state index contributed by atoms with van der Waals surface area (Å²) in [4.78, 5) is 12.2. The van der Waals surface area contributed by atoms with E-state index < -0.39 is 20.0 Å². The topological polar surface area (TPSA) is 66.0 Å². The number of ether oxygens (including phenoxy) is 3. The van der Waals surface area contributed by atoms with Crippen molar-refractivity contribution in [3.05, 3.63) is 0 Å². The molecule has 0 saturated heterocycles. The van der Waals surface area contributed by atoms with E-state index in [4.69, 9.17) is 18.6 Å². The molecule has 2 unspecified atom stereocenters. The summed E-state index contributed by atoms with van der Waals surface area (Å²) in [5.41, 5.74) is -0.550. The van der Waals surface area contributed by atoms with Crippen molar-refractivity contribution in [2.45, 2.75) is 84.5 Å². The van der Waals surface area contributed by atoms with E-state index in [0.29, 0.717) is 24.2 Å². The van der Waals surface area contributed by atoms with Gasteiger partial charge in [-0.25, -0.2) is 4.79 Å². The number of carbonyl (C=O) groups is 1. The van der Waals surface area contributed by atoms with Crippen LogP contribution in [0.15, 0.2) is 0 Å². The van der Waals surface area contributed by atoms with Crippen LogP contribution in [0.2, 0.25) is 18.1 Å². The molecule has 0 aromatic heterocycles. The Bertz CT molecular complexity index is 421. The molecule has 0 heterocycles. The minimum absolute atomic E-state index is 0.0976. The van der Waals surface area contributed by atoms with E-state index in [9.17, 15) is 4.79 Å². The molecule has 0 bridgehead atoms. The number of hydrogen-bond acceptors (Lipinski definition) is 5. The molecular formula is C18H38INO5Si. The van der Waals surface area contributed by atoms with Gasteiger partial charge in [0.2, 0.25) is 0 Å². The van der Waals surface area contributed by atoms with Crippen LogP contribution in [0.3, 0.4) is 0 Å². The molecule has 0 radical (unpaired) electrons. The minimum Gasteiger partial charge on any atom is -0.444 e. The first-order valence-electron chi connectivity index (χ1n) is 9.14. The summed E-state index contributed by atoms with van der Waals surface area (Å²) in [5, 5.41) is 2.97. The summed E-state index contributed by atoms with van der Waals surface area (Å²) < 4.78 is 23.7. The maximum Gasteiger partial charge on any atom is 0.408 e. The van der Waals surface area contributed by atoms with E-state index in [2.05, 4.69) is 61.8 Å². The van der Waals surface area contributed by atoms with Gasteiger partial charge in [-0.1, -0.05) is 43.4 Å². The zero-order valence-electron chi connectivity index (χ0n) is 17.9. The third kappa shape index (κ3) is 11.1. The number of alkyl halides is 1. The Morgan fingerprint density at radius 2 is 1.65 bits per heavy atom. The van der Waals surface area contributed by atoms with Crippen LogP contribution in [0, 0.1) is 0 Å². The van der Waals surface area contributed by atoms with Gasteiger partial charge in [0.15, 0.2) is 14.6 Å². The van der Waals surface area contributed by atoms with E-state index in [0.717, 1.165) is 0 Å². The molecule has 0 aromatic carbocycles. The molecule has 0 aliphatic carbocycles. The summed E-state index contributed by atoms with van der Waals surface area (Å²) in [5.74, 6) is 0. The Morgan fingerprint density at radius 3 is 2.08 bits per heavy atom. The predicted octanol–water partition coefficient (Wildman–Crippen LogP) is 4.72. The van der Waals surface area contributed by atoms with Crippen molar-refractivity contribution in [2.75, 3.05) is 24.2 Å². The van der Waals surface area contributed by atoms with Crippen LogP contribution in [0.1, 0.15) is 48.5 Å². The van der Waals surface area contributed by atoms with Gasteiger partial charge in [-0.05, 0) is 45.8 Å². The first-order valence-corrected chi connectivity index (χ1v) is 13.6. The van der Waals surface area contributed by atoms with Gasteiger partial charge in [-0.2, -0.15) is 0 Å². The Labute approximate surface area is 174 Å². The predicted molar refractivity (Wildman–Crippen MR) is 117 cm³/mol. The van der Waals surface area contributed by atoms with Crippen molar-refractivity contribution in [3.63, 3.8) is 0 Å². The molecule has 156 valence electrons. The molecule has 0 fully saturated rings. The van der Waals surface area contributed by atoms with Crippen LogP contribution in [0.25, 0.3) is 0 Å². The summed E-state index contributed by atoms with van der Waals surface area (Å²) in [6.45, 7) is 19.7. The third-order valence-electron chi connectivity index (χ3n) is 4.13. The summed E-state index contributed by atoms with van der Waals surface area (Å²) in [7, 11) is -1.93. The van der Waals surface area contributed by atoms with E-state index in [-0.39, 0.29) is 17.4 Å². The Hall–Kier alpha value is 0.0969. The van der Waals surface area contributed by atoms with Gasteiger partial charge >= 0.3 is 6.09 Å². The molecule has 1 N–H and O–H groups in total. The average Bonchev–Trinajstić information content (AvgIpc) is 2.45. The molecule has 0 rings (SSSR count). The molecule has 1 amide bonds. The first kappa shape index (κ1) is 26.1. The molecule has 0 aromatic rings. The highest BCUT2D eigenvalue weighted by Gasteiger charge is 2.38. The Kier molecular flexibility index (Phi) is 11.2. The molecule has 6 nitrogen and oxygen atoms in total. The average molecular weight is 503 g/mol. The van der Waals surface area contributed by atoms with E-state index in [1.165, 1.54) is 0 Å². The quantitative estimate of drug-likeness (QED) is 0.202. The second kappa shape index (κ2) is 11.2. The first-order chi connectivity index (χ1) is 11.7. The maximum atomic E-state index is 12.2. The fourth-order valence-corrected chi connectivity index (χ4v) is 3.24. The summed E-state index contributed by atoms with van der Waals surface area (Å²) >= 11 is 2.22. The summed E-state index contributed by atoms with van der Waals surface area (Å²) in [6.07, 6.45) is -0.760. The van der Waals surface area contributed by atoms with Crippen LogP contribution in [-0.4, -0.2) is 56.6 Å². The van der Waals surface area contributed by atoms with Crippen molar-refractivity contribution in [2.24, 2.45) is 0 Å². The number of hydrogen-bond donors (Lipinski definition) is 1. The van der Waals surface area contributed by atoms with E-state index in [1.807, 2.05) is 27.7 Å². The smallest absolute Gasteiger partial charge is 0.408 e. The molecule has 0 saturated carbocycles. The summed E-state index contributed by atoms with van der Waals surface area (Å²) in [6, 6.07) is -0.301. The van der Waals surface area contributed by atoms with Gasteiger partial charge in [0, 0.05) is 6.61 Å². The lowest BCUT2D eigenvalue weighted by molar-refractivity contribution is -0.128. The molecule has 26 heavy (non-hydrogen) atoms. The largest absolute Gasteiger partial charge is 0.444 e. The van der Waals surface area contributed by atoms with Crippen molar-refractivity contribution >= 4 is 37.0 Å². The minimum atomic E-state index is -1.93. The highest BCUT2D eigenvalue weighted by molar-refractivity contribution is 14.1. The van der Waals surface area contributed by atoms with Gasteiger partial charge < -0.3 is 24.0 Å². The van der Waals surface area contributed by atoms with Crippen LogP contribution in [0.4, 0.5) is 4.79 Å². The lowest BCUT2D eigenvalue weighted by atomic mass is 10.2. The fourth-order valence-electron chi connectivity index (χ4n) is 1.68. The second-order valence-corrected chi connectivity index (χ2v) is 14.5. The zero-order valence-corrected chi connectivity index (χ0v) is 21.1. The standard InChI is InChI=1S/C18H38INO5Si/c1-10-22-15(11-19)23-12-14(20-16(21)25-17(2,3)4)13-24-26(8,9)18(5,6)7/h14-15H,10-13H2,1-9H3,(H,20,21). The lowest BCUT2D eigenvalue weighted by Gasteiger charge is -2.37. The molecule has 2 atom stereocenters. The molecule has 0 aliphatic heterocycles. The number of alkyl carbamates (subject to hydrolysis) is 1. The third-order valence-corrected chi connectivity index (χ3v) is 9.35. The second-order valence-electron chi connectivity index (χ2n) is 8.79. The van der Waals surface area contributed by atoms with Gasteiger partial charge in [-0.15, -0.1) is 0 Å². The molecule has 0 aliphatic rings. The Morgan fingerprint density at radius 1 is 1.08 bits per heavy atom. The van der Waals surface area contributed by atoms with Gasteiger partial charge in [0.1, 0.15) is 5.60 Å². The van der Waals surface area contributed by atoms with Crippen LogP contribution in [0.5, 0.6) is 0 Å². The lowest BCUT2D eigenvalue weighted by Crippen LogP contribution is -2.49. The fraction of sp³-hybridized carbons (Fsp3) is 0.944. The normalized spacial score (nSPS) is 15.5. The number of carbonyl (C=O) groups excluding carboxylic acids is 1. The number of amides is 1. The Balaban J connectivity index is 4.90. The van der Waals surface area contributed by atoms with Gasteiger partial charge in [0.05, 0.1) is 23.7 Å². The number of nitrogens with one attached hydrogen (secondary N) is 1. The molecule has 0 spiro atoms. The van der Waals surface area contributed by atoms with E-state index in [1.54, 1.807) is 0 Å². The highest BCUT2D eigenvalue weighted by atomic mass is 127. The SMILES string of the molecule is CCOC(CI)OCC(CO[Si](C)(C)C(C)(C)C)NC(=O)OC(C)(C)C. The van der Waals surface area contributed by atoms with E-state index >= 15 is 0 Å². The van der Waals surface area contributed by atoms with Crippen molar-refractivity contribution in [3.8, 4) is 0 Å². The van der Waals surface area contributed by atoms with Crippen molar-refractivity contribution in [1.29, 1.82) is 0 Å². The maximum absolute atomic E-state index is 12.2. The van der Waals surface area contributed by atoms with Crippen LogP contribution >= 0.6 is 22.6 Å². The number of rotatable bonds is 10. The van der Waals surface area contributed by atoms with Crippen LogP contribution < -0.4 is 5.32 Å². The highest BCUT2D eigenvalue weighted by Crippen LogP contribution is 2.36. The zero-order chi connectivity index (χ0) is 20.6. The van der Waals surface area contributed by atoms with Crippen molar-refractivity contribution < 1.29 is 23.4 Å². The monoisotopic (exact) mass is 503 g/mol. The number of halogens is 1. The van der Waals surface area contributed by atoms with Gasteiger partial charge in [-0.3, -0.25) is 0 Å². The van der Waals surface area contributed by atoms with Crippen molar-refractivity contribution in [1.82, 2.24) is 5.32 Å². The van der Waals surface area contributed by atoms with Gasteiger partial charge in [0.25, 0.3) is 0 Å². The molecule has 8 heteroatoms. The molecular weight excluding hydrogens is 465 g/mol. The van der Waals surface area contributed by atoms with Crippen LogP contribution in [-0.2, 0) is 18.6 Å².